The number of nitrogens with zero attached hydrogens (tertiary/aromatic N) is 2. The first kappa shape index (κ1) is 23.1. The zero-order valence-electron chi connectivity index (χ0n) is 17.4. The number of amides is 1. The molecular weight excluding hydrogens is 429 g/mol. The zero-order valence-corrected chi connectivity index (χ0v) is 18.2. The van der Waals surface area contributed by atoms with Crippen LogP contribution in [0.15, 0.2) is 83.8 Å². The fraction of sp³-hybridized carbons (Fsp3) is 0.167. The third-order valence-corrected chi connectivity index (χ3v) is 6.39. The summed E-state index contributed by atoms with van der Waals surface area (Å²) in [6.07, 6.45) is 0.102. The van der Waals surface area contributed by atoms with Crippen molar-refractivity contribution in [2.24, 2.45) is 0 Å². The zero-order chi connectivity index (χ0) is 23.1. The number of hydrogen-bond donors (Lipinski definition) is 1. The number of nitriles is 1. The summed E-state index contributed by atoms with van der Waals surface area (Å²) in [6.45, 7) is 0.220. The van der Waals surface area contributed by atoms with Gasteiger partial charge in [-0.15, -0.1) is 0 Å². The topological polar surface area (TPSA) is 90.3 Å². The van der Waals surface area contributed by atoms with E-state index in [1.54, 1.807) is 55.6 Å². The Hall–Kier alpha value is -3.54. The van der Waals surface area contributed by atoms with E-state index in [1.165, 1.54) is 17.0 Å². The van der Waals surface area contributed by atoms with E-state index in [2.05, 4.69) is 4.72 Å². The molecule has 0 fully saturated rings. The molecule has 1 atom stereocenters. The molecule has 0 aliphatic heterocycles. The normalized spacial score (nSPS) is 12.0. The third kappa shape index (κ3) is 5.78. The average molecular weight is 452 g/mol. The van der Waals surface area contributed by atoms with E-state index >= 15 is 0 Å². The SMILES string of the molecule is CN(Cc1ccc(C#N)cc1)C(=O)C(Cc1ccccc1)NS(=O)(=O)c1ccccc1F. The van der Waals surface area contributed by atoms with Gasteiger partial charge in [0.1, 0.15) is 16.8 Å². The first-order chi connectivity index (χ1) is 15.3. The van der Waals surface area contributed by atoms with Crippen LogP contribution >= 0.6 is 0 Å². The summed E-state index contributed by atoms with van der Waals surface area (Å²) in [5, 5.41) is 8.93. The molecule has 0 radical (unpaired) electrons. The van der Waals surface area contributed by atoms with Gasteiger partial charge in [0.25, 0.3) is 0 Å². The van der Waals surface area contributed by atoms with Crippen LogP contribution in [0.5, 0.6) is 0 Å². The molecule has 0 aliphatic carbocycles. The van der Waals surface area contributed by atoms with Gasteiger partial charge in [-0.3, -0.25) is 4.79 Å². The highest BCUT2D eigenvalue weighted by molar-refractivity contribution is 7.89. The van der Waals surface area contributed by atoms with E-state index in [4.69, 9.17) is 5.26 Å². The molecular formula is C24H22FN3O3S. The highest BCUT2D eigenvalue weighted by Crippen LogP contribution is 2.16. The molecule has 32 heavy (non-hydrogen) atoms. The second kappa shape index (κ2) is 10.2. The third-order valence-electron chi connectivity index (χ3n) is 4.88. The van der Waals surface area contributed by atoms with Crippen LogP contribution in [0.2, 0.25) is 0 Å². The summed E-state index contributed by atoms with van der Waals surface area (Å²) in [5.41, 5.74) is 2.05. The summed E-state index contributed by atoms with van der Waals surface area (Å²) in [6, 6.07) is 21.7. The Labute approximate surface area is 187 Å². The van der Waals surface area contributed by atoms with Crippen LogP contribution in [0.25, 0.3) is 0 Å². The standard InChI is InChI=1S/C24H22FN3O3S/c1-28(17-20-13-11-19(16-26)12-14-20)24(29)22(15-18-7-3-2-4-8-18)27-32(30,31)23-10-6-5-9-21(23)25/h2-14,22,27H,15,17H2,1H3. The van der Waals surface area contributed by atoms with Gasteiger partial charge in [-0.1, -0.05) is 54.6 Å². The first-order valence-corrected chi connectivity index (χ1v) is 11.3. The minimum absolute atomic E-state index is 0.102. The summed E-state index contributed by atoms with van der Waals surface area (Å²) in [7, 11) is -2.71. The molecule has 1 amide bonds. The molecule has 0 heterocycles. The Morgan fingerprint density at radius 2 is 1.62 bits per heavy atom. The van der Waals surface area contributed by atoms with Gasteiger partial charge in [0.05, 0.1) is 11.6 Å². The largest absolute Gasteiger partial charge is 0.340 e. The van der Waals surface area contributed by atoms with Crippen LogP contribution in [0.4, 0.5) is 4.39 Å². The lowest BCUT2D eigenvalue weighted by atomic mass is 10.1. The summed E-state index contributed by atoms with van der Waals surface area (Å²) < 4.78 is 42.2. The molecule has 0 bridgehead atoms. The Bertz CT molecular complexity index is 1220. The lowest BCUT2D eigenvalue weighted by molar-refractivity contribution is -0.132. The monoisotopic (exact) mass is 451 g/mol. The van der Waals surface area contributed by atoms with Crippen LogP contribution in [-0.4, -0.2) is 32.3 Å². The van der Waals surface area contributed by atoms with Gasteiger partial charge >= 0.3 is 0 Å². The number of rotatable bonds is 8. The van der Waals surface area contributed by atoms with E-state index in [9.17, 15) is 17.6 Å². The van der Waals surface area contributed by atoms with Crippen molar-refractivity contribution < 1.29 is 17.6 Å². The molecule has 0 aromatic heterocycles. The average Bonchev–Trinajstić information content (AvgIpc) is 2.79. The van der Waals surface area contributed by atoms with Gasteiger partial charge in [0, 0.05) is 13.6 Å². The Morgan fingerprint density at radius 3 is 2.25 bits per heavy atom. The molecule has 0 saturated carbocycles. The summed E-state index contributed by atoms with van der Waals surface area (Å²) in [4.78, 5) is 14.1. The van der Waals surface area contributed by atoms with Gasteiger partial charge in [-0.2, -0.15) is 9.98 Å². The van der Waals surface area contributed by atoms with Gasteiger partial charge in [0.15, 0.2) is 0 Å². The van der Waals surface area contributed by atoms with Gasteiger partial charge in [-0.05, 0) is 41.8 Å². The van der Waals surface area contributed by atoms with Crippen molar-refractivity contribution in [3.05, 3.63) is 101 Å². The van der Waals surface area contributed by atoms with E-state index in [-0.39, 0.29) is 13.0 Å². The fourth-order valence-electron chi connectivity index (χ4n) is 3.25. The first-order valence-electron chi connectivity index (χ1n) is 9.85. The predicted octanol–water partition coefficient (Wildman–Crippen LogP) is 3.25. The second-order valence-electron chi connectivity index (χ2n) is 7.30. The number of halogens is 1. The predicted molar refractivity (Wildman–Crippen MR) is 118 cm³/mol. The lowest BCUT2D eigenvalue weighted by Gasteiger charge is -2.25. The van der Waals surface area contributed by atoms with Crippen LogP contribution < -0.4 is 4.72 Å². The number of benzene rings is 3. The minimum atomic E-state index is -4.28. The minimum Gasteiger partial charge on any atom is -0.340 e. The molecule has 3 aromatic rings. The highest BCUT2D eigenvalue weighted by Gasteiger charge is 2.29. The highest BCUT2D eigenvalue weighted by atomic mass is 32.2. The van der Waals surface area contributed by atoms with E-state index in [0.717, 1.165) is 23.3 Å². The van der Waals surface area contributed by atoms with Crippen LogP contribution in [0, 0.1) is 17.1 Å². The van der Waals surface area contributed by atoms with Crippen molar-refractivity contribution in [2.75, 3.05) is 7.05 Å². The van der Waals surface area contributed by atoms with Gasteiger partial charge in [0.2, 0.25) is 15.9 Å². The number of carbonyl (C=O) groups is 1. The van der Waals surface area contributed by atoms with Crippen molar-refractivity contribution in [3.8, 4) is 6.07 Å². The molecule has 0 aliphatic rings. The van der Waals surface area contributed by atoms with E-state index in [1.807, 2.05) is 12.1 Å². The van der Waals surface area contributed by atoms with Gasteiger partial charge in [-0.25, -0.2) is 12.8 Å². The molecule has 1 N–H and O–H groups in total. The molecule has 0 spiro atoms. The van der Waals surface area contributed by atoms with Crippen molar-refractivity contribution in [2.45, 2.75) is 23.9 Å². The maximum atomic E-state index is 14.1. The van der Waals surface area contributed by atoms with Crippen LogP contribution in [0.3, 0.4) is 0 Å². The number of nitrogens with one attached hydrogen (secondary N) is 1. The molecule has 3 rings (SSSR count). The van der Waals surface area contributed by atoms with E-state index in [0.29, 0.717) is 5.56 Å². The van der Waals surface area contributed by atoms with Gasteiger partial charge < -0.3 is 4.90 Å². The molecule has 164 valence electrons. The number of carbonyl (C=O) groups excluding carboxylic acids is 1. The maximum absolute atomic E-state index is 14.1. The van der Waals surface area contributed by atoms with E-state index < -0.39 is 32.7 Å². The van der Waals surface area contributed by atoms with Crippen molar-refractivity contribution in [1.82, 2.24) is 9.62 Å². The molecule has 0 saturated heterocycles. The Balaban J connectivity index is 1.85. The number of likely N-dealkylation sites (N-methyl/N-ethyl adjacent to an activating group) is 1. The fourth-order valence-corrected chi connectivity index (χ4v) is 4.51. The molecule has 8 heteroatoms. The Kier molecular flexibility index (Phi) is 7.36. The quantitative estimate of drug-likeness (QED) is 0.569. The van der Waals surface area contributed by atoms with Crippen LogP contribution in [0.1, 0.15) is 16.7 Å². The summed E-state index contributed by atoms with van der Waals surface area (Å²) in [5.74, 6) is -1.35. The van der Waals surface area contributed by atoms with Crippen molar-refractivity contribution >= 4 is 15.9 Å². The number of sulfonamides is 1. The number of hydrogen-bond acceptors (Lipinski definition) is 4. The lowest BCUT2D eigenvalue weighted by Crippen LogP contribution is -2.48. The molecule has 6 nitrogen and oxygen atoms in total. The maximum Gasteiger partial charge on any atom is 0.244 e. The molecule has 1 unspecified atom stereocenters. The van der Waals surface area contributed by atoms with Crippen molar-refractivity contribution in [3.63, 3.8) is 0 Å². The smallest absolute Gasteiger partial charge is 0.244 e. The summed E-state index contributed by atoms with van der Waals surface area (Å²) >= 11 is 0. The van der Waals surface area contributed by atoms with Crippen molar-refractivity contribution in [1.29, 1.82) is 5.26 Å². The molecule has 3 aromatic carbocycles. The Morgan fingerprint density at radius 1 is 1.00 bits per heavy atom. The second-order valence-corrected chi connectivity index (χ2v) is 8.98. The van der Waals surface area contributed by atoms with Crippen LogP contribution in [-0.2, 0) is 27.8 Å².